The SMILES string of the molecule is CCN1/C=C\CC/C=C\C1=O. The average molecular weight is 151 g/mol. The molecule has 0 spiro atoms. The van der Waals surface area contributed by atoms with Crippen molar-refractivity contribution in [3.63, 3.8) is 0 Å². The second-order valence-electron chi connectivity index (χ2n) is 2.49. The van der Waals surface area contributed by atoms with E-state index in [1.54, 1.807) is 11.0 Å². The summed E-state index contributed by atoms with van der Waals surface area (Å²) in [6.07, 6.45) is 9.47. The quantitative estimate of drug-likeness (QED) is 0.558. The lowest BCUT2D eigenvalue weighted by Gasteiger charge is -2.14. The Hall–Kier alpha value is -1.05. The molecule has 0 saturated heterocycles. The summed E-state index contributed by atoms with van der Waals surface area (Å²) < 4.78 is 0. The van der Waals surface area contributed by atoms with Gasteiger partial charge in [-0.1, -0.05) is 12.2 Å². The van der Waals surface area contributed by atoms with Gasteiger partial charge in [-0.15, -0.1) is 0 Å². The Morgan fingerprint density at radius 1 is 1.45 bits per heavy atom. The Morgan fingerprint density at radius 2 is 2.18 bits per heavy atom. The van der Waals surface area contributed by atoms with E-state index in [1.165, 1.54) is 0 Å². The van der Waals surface area contributed by atoms with Crippen molar-refractivity contribution in [3.8, 4) is 0 Å². The highest BCUT2D eigenvalue weighted by Crippen LogP contribution is 2.02. The molecular formula is C9H13NO. The van der Waals surface area contributed by atoms with E-state index in [9.17, 15) is 4.79 Å². The van der Waals surface area contributed by atoms with E-state index in [1.807, 2.05) is 25.3 Å². The number of amides is 1. The number of nitrogens with zero attached hydrogens (tertiary/aromatic N) is 1. The van der Waals surface area contributed by atoms with Crippen LogP contribution in [-0.2, 0) is 4.79 Å². The molecule has 0 aromatic heterocycles. The van der Waals surface area contributed by atoms with Gasteiger partial charge in [-0.25, -0.2) is 0 Å². The summed E-state index contributed by atoms with van der Waals surface area (Å²) in [7, 11) is 0. The molecule has 60 valence electrons. The van der Waals surface area contributed by atoms with Gasteiger partial charge in [0.25, 0.3) is 0 Å². The third kappa shape index (κ3) is 2.22. The molecule has 11 heavy (non-hydrogen) atoms. The zero-order valence-corrected chi connectivity index (χ0v) is 6.79. The van der Waals surface area contributed by atoms with Gasteiger partial charge in [-0.2, -0.15) is 0 Å². The summed E-state index contributed by atoms with van der Waals surface area (Å²) >= 11 is 0. The first-order valence-corrected chi connectivity index (χ1v) is 3.98. The highest BCUT2D eigenvalue weighted by atomic mass is 16.2. The second kappa shape index (κ2) is 3.96. The van der Waals surface area contributed by atoms with Gasteiger partial charge in [0, 0.05) is 12.7 Å². The van der Waals surface area contributed by atoms with Gasteiger partial charge in [0.05, 0.1) is 0 Å². The molecule has 0 radical (unpaired) electrons. The fourth-order valence-corrected chi connectivity index (χ4v) is 1.01. The van der Waals surface area contributed by atoms with Crippen LogP contribution in [0.1, 0.15) is 19.8 Å². The summed E-state index contributed by atoms with van der Waals surface area (Å²) in [6, 6.07) is 0. The van der Waals surface area contributed by atoms with Gasteiger partial charge in [0.1, 0.15) is 0 Å². The number of allylic oxidation sites excluding steroid dienone is 2. The van der Waals surface area contributed by atoms with Crippen molar-refractivity contribution < 1.29 is 4.79 Å². The van der Waals surface area contributed by atoms with E-state index < -0.39 is 0 Å². The minimum Gasteiger partial charge on any atom is -0.316 e. The maximum atomic E-state index is 11.2. The molecule has 0 atom stereocenters. The van der Waals surface area contributed by atoms with Gasteiger partial charge in [0.15, 0.2) is 0 Å². The van der Waals surface area contributed by atoms with Gasteiger partial charge in [-0.05, 0) is 25.8 Å². The molecule has 1 aliphatic heterocycles. The fourth-order valence-electron chi connectivity index (χ4n) is 1.01. The van der Waals surface area contributed by atoms with Crippen molar-refractivity contribution in [3.05, 3.63) is 24.4 Å². The van der Waals surface area contributed by atoms with Crippen molar-refractivity contribution in [2.24, 2.45) is 0 Å². The summed E-state index contributed by atoms with van der Waals surface area (Å²) in [4.78, 5) is 12.9. The van der Waals surface area contributed by atoms with Gasteiger partial charge >= 0.3 is 0 Å². The molecule has 2 heteroatoms. The molecule has 2 nitrogen and oxygen atoms in total. The summed E-state index contributed by atoms with van der Waals surface area (Å²) in [5.74, 6) is 0.0865. The topological polar surface area (TPSA) is 20.3 Å². The molecule has 1 heterocycles. The van der Waals surface area contributed by atoms with Crippen LogP contribution in [0.2, 0.25) is 0 Å². The van der Waals surface area contributed by atoms with E-state index in [4.69, 9.17) is 0 Å². The van der Waals surface area contributed by atoms with E-state index in [2.05, 4.69) is 0 Å². The largest absolute Gasteiger partial charge is 0.316 e. The van der Waals surface area contributed by atoms with Crippen LogP contribution in [0.25, 0.3) is 0 Å². The molecule has 0 fully saturated rings. The van der Waals surface area contributed by atoms with Crippen molar-refractivity contribution in [2.75, 3.05) is 6.54 Å². The Morgan fingerprint density at radius 3 is 2.91 bits per heavy atom. The zero-order chi connectivity index (χ0) is 8.10. The first-order chi connectivity index (χ1) is 5.34. The summed E-state index contributed by atoms with van der Waals surface area (Å²) in [5, 5.41) is 0. The minimum atomic E-state index is 0.0865. The van der Waals surface area contributed by atoms with Crippen LogP contribution in [0.3, 0.4) is 0 Å². The molecule has 0 saturated carbocycles. The highest BCUT2D eigenvalue weighted by molar-refractivity contribution is 5.88. The Labute approximate surface area is 67.2 Å². The first kappa shape index (κ1) is 8.05. The van der Waals surface area contributed by atoms with Crippen LogP contribution < -0.4 is 0 Å². The lowest BCUT2D eigenvalue weighted by molar-refractivity contribution is -0.123. The molecule has 0 aromatic carbocycles. The van der Waals surface area contributed by atoms with E-state index in [-0.39, 0.29) is 5.91 Å². The van der Waals surface area contributed by atoms with Crippen LogP contribution in [0.5, 0.6) is 0 Å². The van der Waals surface area contributed by atoms with E-state index in [0.29, 0.717) is 0 Å². The molecule has 0 N–H and O–H groups in total. The number of carbonyl (C=O) groups is 1. The van der Waals surface area contributed by atoms with Gasteiger partial charge in [0.2, 0.25) is 5.91 Å². The van der Waals surface area contributed by atoms with E-state index in [0.717, 1.165) is 19.4 Å². The van der Waals surface area contributed by atoms with Crippen LogP contribution in [0, 0.1) is 0 Å². The number of rotatable bonds is 1. The zero-order valence-electron chi connectivity index (χ0n) is 6.79. The smallest absolute Gasteiger partial charge is 0.250 e. The molecule has 1 rings (SSSR count). The molecule has 0 bridgehead atoms. The van der Waals surface area contributed by atoms with Crippen LogP contribution in [-0.4, -0.2) is 17.4 Å². The predicted molar refractivity (Wildman–Crippen MR) is 44.9 cm³/mol. The van der Waals surface area contributed by atoms with E-state index >= 15 is 0 Å². The van der Waals surface area contributed by atoms with Crippen LogP contribution in [0.4, 0.5) is 0 Å². The summed E-state index contributed by atoms with van der Waals surface area (Å²) in [6.45, 7) is 2.72. The third-order valence-corrected chi connectivity index (χ3v) is 1.67. The van der Waals surface area contributed by atoms with Crippen molar-refractivity contribution in [1.29, 1.82) is 0 Å². The molecule has 1 aliphatic rings. The molecule has 0 aliphatic carbocycles. The Balaban J connectivity index is 2.65. The molecule has 0 aromatic rings. The number of hydrogen-bond acceptors (Lipinski definition) is 1. The monoisotopic (exact) mass is 151 g/mol. The lowest BCUT2D eigenvalue weighted by atomic mass is 10.2. The number of likely N-dealkylation sites (N-methyl/N-ethyl adjacent to an activating group) is 1. The first-order valence-electron chi connectivity index (χ1n) is 3.98. The normalized spacial score (nSPS) is 24.1. The van der Waals surface area contributed by atoms with Crippen molar-refractivity contribution in [1.82, 2.24) is 4.90 Å². The third-order valence-electron chi connectivity index (χ3n) is 1.67. The molecule has 0 unspecified atom stereocenters. The summed E-state index contributed by atoms with van der Waals surface area (Å²) in [5.41, 5.74) is 0. The molecular weight excluding hydrogens is 138 g/mol. The number of hydrogen-bond donors (Lipinski definition) is 0. The molecule has 1 amide bonds. The maximum absolute atomic E-state index is 11.2. The van der Waals surface area contributed by atoms with Crippen molar-refractivity contribution >= 4 is 5.91 Å². The predicted octanol–water partition coefficient (Wildman–Crippen LogP) is 1.70. The average Bonchev–Trinajstić information content (AvgIpc) is 1.98. The standard InChI is InChI=1S/C9H13NO/c1-2-10-8-6-4-3-5-7-9(10)11/h5-8H,2-4H2,1H3/b7-5-,8-6-. The highest BCUT2D eigenvalue weighted by Gasteiger charge is 2.04. The number of carbonyl (C=O) groups excluding carboxylic acids is 1. The fraction of sp³-hybridized carbons (Fsp3) is 0.444. The van der Waals surface area contributed by atoms with Crippen molar-refractivity contribution in [2.45, 2.75) is 19.8 Å². The maximum Gasteiger partial charge on any atom is 0.250 e. The van der Waals surface area contributed by atoms with Crippen LogP contribution in [0.15, 0.2) is 24.4 Å². The Bertz CT molecular complexity index is 194. The Kier molecular flexibility index (Phi) is 2.90. The van der Waals surface area contributed by atoms with Gasteiger partial charge in [-0.3, -0.25) is 4.79 Å². The van der Waals surface area contributed by atoms with Crippen LogP contribution >= 0.6 is 0 Å². The minimum absolute atomic E-state index is 0.0865. The lowest BCUT2D eigenvalue weighted by Crippen LogP contribution is -2.23. The van der Waals surface area contributed by atoms with Gasteiger partial charge < -0.3 is 4.90 Å². The second-order valence-corrected chi connectivity index (χ2v) is 2.49.